The Labute approximate surface area is 165 Å². The maximum absolute atomic E-state index is 10.7. The van der Waals surface area contributed by atoms with Crippen molar-refractivity contribution in [1.82, 2.24) is 0 Å². The van der Waals surface area contributed by atoms with Crippen molar-refractivity contribution < 1.29 is 56.7 Å². The van der Waals surface area contributed by atoms with Crippen LogP contribution in [-0.2, 0) is 26.7 Å². The molecule has 0 unspecified atom stereocenters. The quantitative estimate of drug-likeness (QED) is 0.143. The van der Waals surface area contributed by atoms with Crippen LogP contribution in [0, 0.1) is 18.9 Å². The first-order chi connectivity index (χ1) is 11.4. The van der Waals surface area contributed by atoms with Gasteiger partial charge in [0.25, 0.3) is 0 Å². The minimum atomic E-state index is -3.37. The molecule has 1 aliphatic carbocycles. The van der Waals surface area contributed by atoms with E-state index in [0.717, 1.165) is 6.42 Å². The Morgan fingerprint density at radius 1 is 1.15 bits per heavy atom. The first kappa shape index (κ1) is 32.7. The third-order valence-electron chi connectivity index (χ3n) is 2.90. The fourth-order valence-electron chi connectivity index (χ4n) is 1.52. The Kier molecular flexibility index (Phi) is 25.7. The Bertz CT molecular complexity index is 481. The Balaban J connectivity index is -0.000000181. The zero-order valence-electron chi connectivity index (χ0n) is 14.5. The summed E-state index contributed by atoms with van der Waals surface area (Å²) in [5.74, 6) is 3.03. The molecule has 1 rings (SSSR count). The molecule has 0 atom stereocenters. The van der Waals surface area contributed by atoms with Gasteiger partial charge in [0.1, 0.15) is 11.9 Å². The van der Waals surface area contributed by atoms with E-state index in [4.69, 9.17) is 30.0 Å². The summed E-state index contributed by atoms with van der Waals surface area (Å²) in [6.45, 7) is -0.310. The van der Waals surface area contributed by atoms with E-state index in [1.165, 1.54) is 5.94 Å². The SMILES string of the molecule is CCC(=C=O)C(=C=O)C(CO)(CO)CO.[C-]1=CC=CC1.[CH3-].[Mn+3].[O-]P([O-])[O-]. The molecule has 0 bridgehead atoms. The van der Waals surface area contributed by atoms with E-state index in [9.17, 15) is 9.59 Å². The van der Waals surface area contributed by atoms with Crippen LogP contribution in [0.2, 0.25) is 0 Å². The molecule has 0 aromatic carbocycles. The summed E-state index contributed by atoms with van der Waals surface area (Å²) in [4.78, 5) is 46.7. The largest absolute Gasteiger partial charge is 3.00 e. The second kappa shape index (κ2) is 20.4. The molecule has 0 aromatic rings. The van der Waals surface area contributed by atoms with Gasteiger partial charge in [0.2, 0.25) is 0 Å². The maximum Gasteiger partial charge on any atom is 3.00 e. The molecule has 0 aromatic heterocycles. The van der Waals surface area contributed by atoms with Crippen LogP contribution < -0.4 is 14.7 Å². The zero-order valence-corrected chi connectivity index (χ0v) is 16.6. The number of aliphatic hydroxyl groups is 3. The van der Waals surface area contributed by atoms with Gasteiger partial charge in [-0.15, -0.1) is 6.42 Å². The van der Waals surface area contributed by atoms with Crippen molar-refractivity contribution >= 4 is 20.5 Å². The van der Waals surface area contributed by atoms with E-state index in [0.29, 0.717) is 0 Å². The third-order valence-corrected chi connectivity index (χ3v) is 2.90. The number of carbonyl (C=O) groups excluding carboxylic acids is 2. The molecular formula is C16H22MnO8P-2. The molecule has 1 aliphatic rings. The molecule has 0 aliphatic heterocycles. The van der Waals surface area contributed by atoms with Crippen molar-refractivity contribution in [3.8, 4) is 0 Å². The summed E-state index contributed by atoms with van der Waals surface area (Å²) in [7, 11) is -3.37. The fraction of sp³-hybridized carbons (Fsp3) is 0.438. The van der Waals surface area contributed by atoms with Gasteiger partial charge < -0.3 is 46.0 Å². The van der Waals surface area contributed by atoms with E-state index in [-0.39, 0.29) is 42.1 Å². The van der Waals surface area contributed by atoms with Crippen LogP contribution in [-0.4, -0.2) is 47.0 Å². The van der Waals surface area contributed by atoms with Crippen LogP contribution in [0.4, 0.5) is 0 Å². The topological polar surface area (TPSA) is 164 Å². The van der Waals surface area contributed by atoms with Gasteiger partial charge in [-0.25, -0.2) is 21.7 Å². The van der Waals surface area contributed by atoms with E-state index in [1.54, 1.807) is 12.9 Å². The van der Waals surface area contributed by atoms with Crippen molar-refractivity contribution in [2.24, 2.45) is 5.41 Å². The van der Waals surface area contributed by atoms with Gasteiger partial charge in [0.15, 0.2) is 0 Å². The second-order valence-electron chi connectivity index (χ2n) is 4.39. The molecule has 0 heterocycles. The van der Waals surface area contributed by atoms with Gasteiger partial charge in [0, 0.05) is 0 Å². The van der Waals surface area contributed by atoms with E-state index in [2.05, 4.69) is 12.2 Å². The van der Waals surface area contributed by atoms with Crippen molar-refractivity contribution in [2.75, 3.05) is 19.8 Å². The van der Waals surface area contributed by atoms with Crippen molar-refractivity contribution in [3.63, 3.8) is 0 Å². The summed E-state index contributed by atoms with van der Waals surface area (Å²) >= 11 is 0. The van der Waals surface area contributed by atoms with Gasteiger partial charge >= 0.3 is 17.1 Å². The Hall–Kier alpha value is -0.911. The predicted molar refractivity (Wildman–Crippen MR) is 87.3 cm³/mol. The number of rotatable bonds is 6. The smallest absolute Gasteiger partial charge is 0.854 e. The van der Waals surface area contributed by atoms with Gasteiger partial charge in [0.05, 0.1) is 36.4 Å². The average Bonchev–Trinajstić information content (AvgIpc) is 3.15. The molecule has 0 amide bonds. The van der Waals surface area contributed by atoms with Gasteiger partial charge in [-0.2, -0.15) is 6.08 Å². The molecule has 0 spiro atoms. The molecule has 10 heteroatoms. The Morgan fingerprint density at radius 3 is 1.77 bits per heavy atom. The maximum atomic E-state index is 10.7. The molecule has 26 heavy (non-hydrogen) atoms. The van der Waals surface area contributed by atoms with Gasteiger partial charge in [-0.3, -0.25) is 6.08 Å². The summed E-state index contributed by atoms with van der Waals surface area (Å²) in [6, 6.07) is 0. The average molecular weight is 428 g/mol. The summed E-state index contributed by atoms with van der Waals surface area (Å²) in [5.41, 5.74) is -1.74. The normalized spacial score (nSPS) is 10.8. The number of aliphatic hydroxyl groups excluding tert-OH is 3. The molecule has 0 saturated heterocycles. The van der Waals surface area contributed by atoms with Gasteiger partial charge in [-0.1, -0.05) is 6.92 Å². The van der Waals surface area contributed by atoms with Crippen molar-refractivity contribution in [1.29, 1.82) is 0 Å². The van der Waals surface area contributed by atoms with Crippen LogP contribution in [0.15, 0.2) is 29.4 Å². The Morgan fingerprint density at radius 2 is 1.62 bits per heavy atom. The molecule has 8 nitrogen and oxygen atoms in total. The van der Waals surface area contributed by atoms with Crippen molar-refractivity contribution in [2.45, 2.75) is 19.8 Å². The monoisotopic (exact) mass is 428 g/mol. The van der Waals surface area contributed by atoms with Gasteiger partial charge in [-0.05, 0) is 6.42 Å². The van der Waals surface area contributed by atoms with E-state index >= 15 is 0 Å². The number of hydrogen-bond acceptors (Lipinski definition) is 8. The second-order valence-corrected chi connectivity index (χ2v) is 4.84. The van der Waals surface area contributed by atoms with E-state index in [1.807, 2.05) is 12.2 Å². The minimum absolute atomic E-state index is 0. The first-order valence-electron chi connectivity index (χ1n) is 6.74. The van der Waals surface area contributed by atoms with Crippen LogP contribution >= 0.6 is 8.60 Å². The molecular weight excluding hydrogens is 406 g/mol. The van der Waals surface area contributed by atoms with Crippen LogP contribution in [0.3, 0.4) is 0 Å². The summed E-state index contributed by atoms with van der Waals surface area (Å²) < 4.78 is 0. The standard InChI is InChI=1S/C10H14O5.C5H5.CH3.Mn.O3P/c1-2-8(3-11)9(4-12)10(5-13,6-14)7-15;1-2-4-5-3-1;;;1-4(2)3/h13-15H,2,5-7H2,1H3;1-3H,4H2;1H3;;/q;2*-1;+3;-3. The number of hydrogen-bond donors (Lipinski definition) is 3. The molecule has 0 radical (unpaired) electrons. The molecule has 0 fully saturated rings. The van der Waals surface area contributed by atoms with Crippen LogP contribution in [0.1, 0.15) is 19.8 Å². The van der Waals surface area contributed by atoms with E-state index < -0.39 is 33.8 Å². The number of allylic oxidation sites excluding steroid dienone is 5. The zero-order chi connectivity index (χ0) is 19.0. The third kappa shape index (κ3) is 13.3. The molecule has 3 N–H and O–H groups in total. The summed E-state index contributed by atoms with van der Waals surface area (Å²) in [6.07, 6.45) is 10.2. The first-order valence-corrected chi connectivity index (χ1v) is 7.84. The fourth-order valence-corrected chi connectivity index (χ4v) is 1.52. The molecule has 0 saturated carbocycles. The van der Waals surface area contributed by atoms with Crippen LogP contribution in [0.5, 0.6) is 0 Å². The molecule has 148 valence electrons. The predicted octanol–water partition coefficient (Wildman–Crippen LogP) is -2.08. The minimum Gasteiger partial charge on any atom is -0.854 e. The van der Waals surface area contributed by atoms with Crippen molar-refractivity contribution in [3.05, 3.63) is 42.9 Å². The summed E-state index contributed by atoms with van der Waals surface area (Å²) in [5, 5.41) is 27.2. The van der Waals surface area contributed by atoms with Crippen LogP contribution in [0.25, 0.3) is 0 Å².